The van der Waals surface area contributed by atoms with Crippen LogP contribution in [0.4, 0.5) is 0 Å². The highest BCUT2D eigenvalue weighted by molar-refractivity contribution is 5.88. The number of hydrogen-bond acceptors (Lipinski definition) is 2. The van der Waals surface area contributed by atoms with Gasteiger partial charge in [0.25, 0.3) is 0 Å². The predicted octanol–water partition coefficient (Wildman–Crippen LogP) is 3.18. The molecule has 0 spiro atoms. The molecule has 0 aromatic rings. The van der Waals surface area contributed by atoms with E-state index in [1.54, 1.807) is 0 Å². The zero-order valence-electron chi connectivity index (χ0n) is 10.8. The van der Waals surface area contributed by atoms with Gasteiger partial charge in [0, 0.05) is 6.42 Å². The maximum Gasteiger partial charge on any atom is 0.153 e. The molecule has 0 aromatic heterocycles. The zero-order valence-corrected chi connectivity index (χ0v) is 10.8. The van der Waals surface area contributed by atoms with Crippen LogP contribution in [0.15, 0.2) is 12.7 Å². The summed E-state index contributed by atoms with van der Waals surface area (Å²) in [5.41, 5.74) is -0.181. The van der Waals surface area contributed by atoms with E-state index in [1.807, 2.05) is 6.08 Å². The maximum absolute atomic E-state index is 12.4. The van der Waals surface area contributed by atoms with Gasteiger partial charge in [-0.2, -0.15) is 0 Å². The summed E-state index contributed by atoms with van der Waals surface area (Å²) in [6.07, 6.45) is 10.3. The number of allylic oxidation sites excluding steroid dienone is 1. The van der Waals surface area contributed by atoms with Crippen LogP contribution in [-0.4, -0.2) is 30.3 Å². The molecule has 0 saturated heterocycles. The van der Waals surface area contributed by atoms with Crippen molar-refractivity contribution in [1.29, 1.82) is 0 Å². The molecule has 0 bridgehead atoms. The number of hydrogen-bond donors (Lipinski definition) is 0. The van der Waals surface area contributed by atoms with Gasteiger partial charge in [0.2, 0.25) is 0 Å². The molecule has 0 N–H and O–H groups in total. The highest BCUT2D eigenvalue weighted by atomic mass is 16.1. The molecule has 1 rings (SSSR count). The minimum absolute atomic E-state index is 0.181. The van der Waals surface area contributed by atoms with Crippen LogP contribution in [0, 0.1) is 0 Å². The minimum Gasteiger partial charge on any atom is -0.298 e. The van der Waals surface area contributed by atoms with Gasteiger partial charge in [-0.1, -0.05) is 31.8 Å². The Hall–Kier alpha value is -0.630. The second-order valence-electron chi connectivity index (χ2n) is 5.09. The smallest absolute Gasteiger partial charge is 0.153 e. The lowest BCUT2D eigenvalue weighted by Gasteiger charge is -2.38. The molecule has 0 heterocycles. The highest BCUT2D eigenvalue weighted by Gasteiger charge is 2.39. The lowest BCUT2D eigenvalue weighted by atomic mass is 9.82. The Kier molecular flexibility index (Phi) is 5.20. The summed E-state index contributed by atoms with van der Waals surface area (Å²) in [6, 6.07) is 0. The van der Waals surface area contributed by atoms with E-state index in [-0.39, 0.29) is 5.54 Å². The first-order chi connectivity index (χ1) is 7.63. The van der Waals surface area contributed by atoms with Gasteiger partial charge in [0.05, 0.1) is 5.54 Å². The standard InChI is InChI=1S/C14H25NO/c1-4-5-10-13(16)14(15(2)3)11-8-6-7-9-12-14/h4H,1,5-12H2,2-3H3. The molecule has 0 radical (unpaired) electrons. The molecule has 0 amide bonds. The first-order valence-corrected chi connectivity index (χ1v) is 6.45. The molecule has 0 unspecified atom stereocenters. The number of carbonyl (C=O) groups excluding carboxylic acids is 1. The second kappa shape index (κ2) is 6.19. The van der Waals surface area contributed by atoms with Crippen LogP contribution >= 0.6 is 0 Å². The van der Waals surface area contributed by atoms with Gasteiger partial charge in [0.15, 0.2) is 5.78 Å². The number of Topliss-reactive ketones (excluding diaryl/α,β-unsaturated/α-hetero) is 1. The van der Waals surface area contributed by atoms with Crippen LogP contribution in [0.1, 0.15) is 51.4 Å². The van der Waals surface area contributed by atoms with Crippen molar-refractivity contribution < 1.29 is 4.79 Å². The first kappa shape index (κ1) is 13.4. The van der Waals surface area contributed by atoms with Gasteiger partial charge in [-0.15, -0.1) is 6.58 Å². The molecule has 16 heavy (non-hydrogen) atoms. The van der Waals surface area contributed by atoms with Crippen molar-refractivity contribution in [2.24, 2.45) is 0 Å². The monoisotopic (exact) mass is 223 g/mol. The van der Waals surface area contributed by atoms with Gasteiger partial charge in [-0.05, 0) is 33.4 Å². The van der Waals surface area contributed by atoms with Gasteiger partial charge < -0.3 is 0 Å². The second-order valence-corrected chi connectivity index (χ2v) is 5.09. The molecule has 0 aliphatic heterocycles. The van der Waals surface area contributed by atoms with E-state index in [2.05, 4.69) is 25.6 Å². The van der Waals surface area contributed by atoms with E-state index in [1.165, 1.54) is 25.7 Å². The van der Waals surface area contributed by atoms with Crippen molar-refractivity contribution in [3.63, 3.8) is 0 Å². The lowest BCUT2D eigenvalue weighted by Crippen LogP contribution is -2.50. The summed E-state index contributed by atoms with van der Waals surface area (Å²) >= 11 is 0. The van der Waals surface area contributed by atoms with E-state index < -0.39 is 0 Å². The average Bonchev–Trinajstić information content (AvgIpc) is 2.52. The third-order valence-electron chi connectivity index (χ3n) is 3.88. The average molecular weight is 223 g/mol. The molecule has 1 aliphatic rings. The summed E-state index contributed by atoms with van der Waals surface area (Å²) < 4.78 is 0. The molecule has 0 aromatic carbocycles. The van der Waals surface area contributed by atoms with Crippen molar-refractivity contribution in [3.8, 4) is 0 Å². The Morgan fingerprint density at radius 3 is 2.25 bits per heavy atom. The first-order valence-electron chi connectivity index (χ1n) is 6.45. The Bertz CT molecular complexity index is 237. The van der Waals surface area contributed by atoms with E-state index in [0.717, 1.165) is 19.3 Å². The van der Waals surface area contributed by atoms with Crippen molar-refractivity contribution in [2.75, 3.05) is 14.1 Å². The number of ketones is 1. The number of nitrogens with zero attached hydrogens (tertiary/aromatic N) is 1. The lowest BCUT2D eigenvalue weighted by molar-refractivity contribution is -0.130. The molecule has 2 heteroatoms. The van der Waals surface area contributed by atoms with Gasteiger partial charge >= 0.3 is 0 Å². The molecule has 92 valence electrons. The van der Waals surface area contributed by atoms with Gasteiger partial charge in [-0.25, -0.2) is 0 Å². The fourth-order valence-corrected chi connectivity index (χ4v) is 2.75. The third-order valence-corrected chi connectivity index (χ3v) is 3.88. The molecule has 0 atom stereocenters. The van der Waals surface area contributed by atoms with Crippen LogP contribution in [0.5, 0.6) is 0 Å². The van der Waals surface area contributed by atoms with Crippen molar-refractivity contribution in [1.82, 2.24) is 4.90 Å². The van der Waals surface area contributed by atoms with E-state index in [9.17, 15) is 4.79 Å². The summed E-state index contributed by atoms with van der Waals surface area (Å²) in [4.78, 5) is 14.5. The number of carbonyl (C=O) groups is 1. The Morgan fingerprint density at radius 2 is 1.81 bits per heavy atom. The van der Waals surface area contributed by atoms with Crippen LogP contribution in [0.25, 0.3) is 0 Å². The maximum atomic E-state index is 12.4. The summed E-state index contributed by atoms with van der Waals surface area (Å²) in [6.45, 7) is 3.70. The Morgan fingerprint density at radius 1 is 1.25 bits per heavy atom. The summed E-state index contributed by atoms with van der Waals surface area (Å²) in [5, 5.41) is 0. The fraction of sp³-hybridized carbons (Fsp3) is 0.786. The fourth-order valence-electron chi connectivity index (χ4n) is 2.75. The Labute approximate surface area is 99.7 Å². The van der Waals surface area contributed by atoms with Crippen molar-refractivity contribution in [2.45, 2.75) is 56.9 Å². The SMILES string of the molecule is C=CCCC(=O)C1(N(C)C)CCCCCC1. The quantitative estimate of drug-likeness (QED) is 0.527. The van der Waals surface area contributed by atoms with E-state index in [4.69, 9.17) is 0 Å². The minimum atomic E-state index is -0.181. The molecular weight excluding hydrogens is 198 g/mol. The van der Waals surface area contributed by atoms with Crippen LogP contribution in [-0.2, 0) is 4.79 Å². The summed E-state index contributed by atoms with van der Waals surface area (Å²) in [5.74, 6) is 0.416. The number of likely N-dealkylation sites (N-methyl/N-ethyl adjacent to an activating group) is 1. The van der Waals surface area contributed by atoms with Crippen molar-refractivity contribution >= 4 is 5.78 Å². The Balaban J connectivity index is 2.76. The molecule has 1 fully saturated rings. The van der Waals surface area contributed by atoms with E-state index in [0.29, 0.717) is 12.2 Å². The largest absolute Gasteiger partial charge is 0.298 e. The van der Waals surface area contributed by atoms with Crippen LogP contribution in [0.2, 0.25) is 0 Å². The number of rotatable bonds is 5. The molecule has 2 nitrogen and oxygen atoms in total. The van der Waals surface area contributed by atoms with Gasteiger partial charge in [-0.3, -0.25) is 9.69 Å². The van der Waals surface area contributed by atoms with Crippen LogP contribution < -0.4 is 0 Å². The molecule has 1 aliphatic carbocycles. The van der Waals surface area contributed by atoms with E-state index >= 15 is 0 Å². The summed E-state index contributed by atoms with van der Waals surface area (Å²) in [7, 11) is 4.11. The van der Waals surface area contributed by atoms with Crippen molar-refractivity contribution in [3.05, 3.63) is 12.7 Å². The topological polar surface area (TPSA) is 20.3 Å². The normalized spacial score (nSPS) is 20.4. The predicted molar refractivity (Wildman–Crippen MR) is 68.6 cm³/mol. The molecular formula is C14H25NO. The third kappa shape index (κ3) is 2.94. The van der Waals surface area contributed by atoms with Crippen LogP contribution in [0.3, 0.4) is 0 Å². The molecule has 1 saturated carbocycles. The zero-order chi connectivity index (χ0) is 12.0. The van der Waals surface area contributed by atoms with Gasteiger partial charge in [0.1, 0.15) is 0 Å². The highest BCUT2D eigenvalue weighted by Crippen LogP contribution is 2.33.